The summed E-state index contributed by atoms with van der Waals surface area (Å²) in [6.07, 6.45) is 0. The second-order valence-corrected chi connectivity index (χ2v) is 4.28. The van der Waals surface area contributed by atoms with Crippen molar-refractivity contribution in [2.24, 2.45) is 0 Å². The Morgan fingerprint density at radius 1 is 1.25 bits per heavy atom. The largest absolute Gasteiger partial charge is 0.489 e. The predicted molar refractivity (Wildman–Crippen MR) is 65.1 cm³/mol. The van der Waals surface area contributed by atoms with Crippen LogP contribution >= 0.6 is 11.3 Å². The molecule has 0 spiro atoms. The van der Waals surface area contributed by atoms with Gasteiger partial charge in [-0.15, -0.1) is 0 Å². The van der Waals surface area contributed by atoms with E-state index in [-0.39, 0.29) is 5.78 Å². The van der Waals surface area contributed by atoms with Gasteiger partial charge in [0.15, 0.2) is 5.78 Å². The number of ether oxygens (including phenoxy) is 1. The maximum absolute atomic E-state index is 11.1. The molecule has 1 aromatic heterocycles. The van der Waals surface area contributed by atoms with Crippen molar-refractivity contribution >= 4 is 17.1 Å². The van der Waals surface area contributed by atoms with Gasteiger partial charge in [-0.25, -0.2) is 0 Å². The molecular weight excluding hydrogens is 220 g/mol. The molecule has 0 unspecified atom stereocenters. The van der Waals surface area contributed by atoms with Crippen LogP contribution in [0.3, 0.4) is 0 Å². The summed E-state index contributed by atoms with van der Waals surface area (Å²) in [4.78, 5) is 11.1. The molecule has 82 valence electrons. The fourth-order valence-electron chi connectivity index (χ4n) is 1.33. The van der Waals surface area contributed by atoms with E-state index in [4.69, 9.17) is 4.74 Å². The van der Waals surface area contributed by atoms with Gasteiger partial charge in [-0.05, 0) is 53.6 Å². The van der Waals surface area contributed by atoms with Crippen LogP contribution in [0.25, 0.3) is 0 Å². The van der Waals surface area contributed by atoms with Crippen LogP contribution in [0.15, 0.2) is 41.1 Å². The third-order valence-corrected chi connectivity index (χ3v) is 2.98. The molecule has 0 saturated carbocycles. The topological polar surface area (TPSA) is 26.3 Å². The summed E-state index contributed by atoms with van der Waals surface area (Å²) in [6.45, 7) is 2.13. The summed E-state index contributed by atoms with van der Waals surface area (Å²) in [6, 6.07) is 9.25. The molecule has 2 aromatic rings. The molecule has 0 aliphatic carbocycles. The van der Waals surface area contributed by atoms with Crippen molar-refractivity contribution < 1.29 is 9.53 Å². The monoisotopic (exact) mass is 232 g/mol. The Kier molecular flexibility index (Phi) is 3.37. The van der Waals surface area contributed by atoms with E-state index >= 15 is 0 Å². The van der Waals surface area contributed by atoms with Crippen molar-refractivity contribution in [1.82, 2.24) is 0 Å². The van der Waals surface area contributed by atoms with Crippen LogP contribution in [0.1, 0.15) is 22.8 Å². The van der Waals surface area contributed by atoms with Crippen molar-refractivity contribution in [3.05, 3.63) is 52.2 Å². The van der Waals surface area contributed by atoms with Gasteiger partial charge in [0.2, 0.25) is 0 Å². The lowest BCUT2D eigenvalue weighted by molar-refractivity contribution is 0.101. The second kappa shape index (κ2) is 4.94. The Morgan fingerprint density at radius 2 is 2.00 bits per heavy atom. The summed E-state index contributed by atoms with van der Waals surface area (Å²) < 4.78 is 5.58. The molecule has 0 amide bonds. The number of hydrogen-bond donors (Lipinski definition) is 0. The normalized spacial score (nSPS) is 10.1. The molecule has 0 aliphatic heterocycles. The number of rotatable bonds is 4. The first-order valence-electron chi connectivity index (χ1n) is 5.00. The molecule has 0 aliphatic rings. The van der Waals surface area contributed by atoms with Gasteiger partial charge in [-0.3, -0.25) is 4.79 Å². The van der Waals surface area contributed by atoms with Crippen LogP contribution in [0.2, 0.25) is 0 Å². The lowest BCUT2D eigenvalue weighted by Crippen LogP contribution is -1.95. The molecule has 0 radical (unpaired) electrons. The maximum atomic E-state index is 11.1. The van der Waals surface area contributed by atoms with Gasteiger partial charge in [0.05, 0.1) is 0 Å². The lowest BCUT2D eigenvalue weighted by Gasteiger charge is -2.04. The van der Waals surface area contributed by atoms with Gasteiger partial charge in [-0.2, -0.15) is 11.3 Å². The van der Waals surface area contributed by atoms with Crippen molar-refractivity contribution in [1.29, 1.82) is 0 Å². The van der Waals surface area contributed by atoms with E-state index in [0.717, 1.165) is 5.75 Å². The van der Waals surface area contributed by atoms with Crippen molar-refractivity contribution in [2.45, 2.75) is 13.5 Å². The highest BCUT2D eigenvalue weighted by Crippen LogP contribution is 2.15. The SMILES string of the molecule is CC(=O)c1ccc(OCc2ccsc2)cc1. The molecule has 16 heavy (non-hydrogen) atoms. The third-order valence-electron chi connectivity index (χ3n) is 2.25. The molecule has 0 atom stereocenters. The fraction of sp³-hybridized carbons (Fsp3) is 0.154. The third kappa shape index (κ3) is 2.70. The summed E-state index contributed by atoms with van der Waals surface area (Å²) in [7, 11) is 0. The molecule has 0 N–H and O–H groups in total. The molecule has 0 bridgehead atoms. The van der Waals surface area contributed by atoms with E-state index in [1.807, 2.05) is 23.6 Å². The van der Waals surface area contributed by atoms with Crippen LogP contribution in [0.5, 0.6) is 5.75 Å². The van der Waals surface area contributed by atoms with Gasteiger partial charge in [0, 0.05) is 5.56 Å². The number of Topliss-reactive ketones (excluding diaryl/α,β-unsaturated/α-hetero) is 1. The van der Waals surface area contributed by atoms with Gasteiger partial charge in [0.25, 0.3) is 0 Å². The van der Waals surface area contributed by atoms with Gasteiger partial charge >= 0.3 is 0 Å². The predicted octanol–water partition coefficient (Wildman–Crippen LogP) is 3.53. The molecular formula is C13H12O2S. The Labute approximate surface area is 98.5 Å². The highest BCUT2D eigenvalue weighted by atomic mass is 32.1. The molecule has 0 fully saturated rings. The Hall–Kier alpha value is -1.61. The zero-order valence-electron chi connectivity index (χ0n) is 8.97. The van der Waals surface area contributed by atoms with E-state index in [1.165, 1.54) is 5.56 Å². The first-order chi connectivity index (χ1) is 7.75. The second-order valence-electron chi connectivity index (χ2n) is 3.50. The molecule has 0 saturated heterocycles. The van der Waals surface area contributed by atoms with E-state index in [0.29, 0.717) is 12.2 Å². The van der Waals surface area contributed by atoms with Crippen molar-refractivity contribution in [3.8, 4) is 5.75 Å². The first kappa shape index (κ1) is 10.9. The smallest absolute Gasteiger partial charge is 0.159 e. The Balaban J connectivity index is 1.98. The highest BCUT2D eigenvalue weighted by molar-refractivity contribution is 7.07. The van der Waals surface area contributed by atoms with Crippen molar-refractivity contribution in [2.75, 3.05) is 0 Å². The molecule has 1 heterocycles. The van der Waals surface area contributed by atoms with E-state index in [9.17, 15) is 4.79 Å². The van der Waals surface area contributed by atoms with Crippen LogP contribution < -0.4 is 4.74 Å². The average molecular weight is 232 g/mol. The van der Waals surface area contributed by atoms with Gasteiger partial charge in [0.1, 0.15) is 12.4 Å². The van der Waals surface area contributed by atoms with Crippen molar-refractivity contribution in [3.63, 3.8) is 0 Å². The molecule has 1 aromatic carbocycles. The number of carbonyl (C=O) groups excluding carboxylic acids is 1. The minimum Gasteiger partial charge on any atom is -0.489 e. The van der Waals surface area contributed by atoms with Gasteiger partial charge < -0.3 is 4.74 Å². The van der Waals surface area contributed by atoms with E-state index in [2.05, 4.69) is 5.38 Å². The number of carbonyl (C=O) groups is 1. The van der Waals surface area contributed by atoms with Crippen LogP contribution in [0.4, 0.5) is 0 Å². The highest BCUT2D eigenvalue weighted by Gasteiger charge is 2.00. The van der Waals surface area contributed by atoms with E-state index < -0.39 is 0 Å². The number of thiophene rings is 1. The minimum absolute atomic E-state index is 0.0735. The summed E-state index contributed by atoms with van der Waals surface area (Å²) in [5, 5.41) is 4.08. The quantitative estimate of drug-likeness (QED) is 0.754. The first-order valence-corrected chi connectivity index (χ1v) is 5.95. The molecule has 2 rings (SSSR count). The fourth-order valence-corrected chi connectivity index (χ4v) is 1.98. The number of hydrogen-bond acceptors (Lipinski definition) is 3. The number of benzene rings is 1. The minimum atomic E-state index is 0.0735. The standard InChI is InChI=1S/C13H12O2S/c1-10(14)12-2-4-13(5-3-12)15-8-11-6-7-16-9-11/h2-7,9H,8H2,1H3. The zero-order chi connectivity index (χ0) is 11.4. The van der Waals surface area contributed by atoms with Gasteiger partial charge in [-0.1, -0.05) is 0 Å². The van der Waals surface area contributed by atoms with Crippen LogP contribution in [0, 0.1) is 0 Å². The lowest BCUT2D eigenvalue weighted by atomic mass is 10.1. The summed E-state index contributed by atoms with van der Waals surface area (Å²) in [5.41, 5.74) is 1.88. The molecule has 2 nitrogen and oxygen atoms in total. The zero-order valence-corrected chi connectivity index (χ0v) is 9.79. The summed E-state index contributed by atoms with van der Waals surface area (Å²) >= 11 is 1.66. The Morgan fingerprint density at radius 3 is 2.56 bits per heavy atom. The summed E-state index contributed by atoms with van der Waals surface area (Å²) in [5.74, 6) is 0.862. The number of ketones is 1. The maximum Gasteiger partial charge on any atom is 0.159 e. The molecule has 3 heteroatoms. The van der Waals surface area contributed by atoms with E-state index in [1.54, 1.807) is 30.4 Å². The Bertz CT molecular complexity index is 457. The van der Waals surface area contributed by atoms with Crippen LogP contribution in [-0.2, 0) is 6.61 Å². The average Bonchev–Trinajstić information content (AvgIpc) is 2.80. The van der Waals surface area contributed by atoms with Crippen LogP contribution in [-0.4, -0.2) is 5.78 Å².